The van der Waals surface area contributed by atoms with Crippen LogP contribution in [0.4, 0.5) is 5.82 Å². The number of fused-ring (bicyclic) bond motifs is 5. The number of H-pyrrole nitrogens is 1. The largest absolute Gasteiger partial charge is 0.343 e. The third-order valence-electron chi connectivity index (χ3n) is 6.97. The molecule has 29 heavy (non-hydrogen) atoms. The van der Waals surface area contributed by atoms with Crippen molar-refractivity contribution in [1.29, 1.82) is 5.26 Å². The number of nitriles is 1. The van der Waals surface area contributed by atoms with Crippen LogP contribution >= 0.6 is 0 Å². The summed E-state index contributed by atoms with van der Waals surface area (Å²) in [7, 11) is 2.21. The minimum absolute atomic E-state index is 0.244. The van der Waals surface area contributed by atoms with E-state index in [1.165, 1.54) is 12.8 Å². The van der Waals surface area contributed by atoms with Crippen LogP contribution in [0.5, 0.6) is 0 Å². The molecule has 0 spiro atoms. The van der Waals surface area contributed by atoms with E-state index in [-0.39, 0.29) is 5.92 Å². The van der Waals surface area contributed by atoms with Gasteiger partial charge in [0.2, 0.25) is 0 Å². The molecule has 1 aromatic carbocycles. The summed E-state index contributed by atoms with van der Waals surface area (Å²) in [6, 6.07) is 8.82. The van der Waals surface area contributed by atoms with Crippen molar-refractivity contribution < 1.29 is 4.63 Å². The lowest BCUT2D eigenvalue weighted by Gasteiger charge is -2.50. The number of piperidine rings is 2. The number of rotatable bonds is 2. The van der Waals surface area contributed by atoms with Crippen LogP contribution in [0.1, 0.15) is 36.3 Å². The van der Waals surface area contributed by atoms with E-state index in [4.69, 9.17) is 4.63 Å². The molecule has 1 aliphatic carbocycles. The molecule has 2 saturated heterocycles. The zero-order valence-electron chi connectivity index (χ0n) is 16.1. The van der Waals surface area contributed by atoms with Gasteiger partial charge in [-0.3, -0.25) is 5.10 Å². The average molecular weight is 387 g/mol. The van der Waals surface area contributed by atoms with Gasteiger partial charge in [0.15, 0.2) is 0 Å². The molecule has 146 valence electrons. The maximum atomic E-state index is 10.3. The van der Waals surface area contributed by atoms with Crippen LogP contribution in [-0.4, -0.2) is 45.0 Å². The van der Waals surface area contributed by atoms with Crippen LogP contribution in [0.15, 0.2) is 40.3 Å². The van der Waals surface area contributed by atoms with Crippen LogP contribution in [0.3, 0.4) is 0 Å². The minimum atomic E-state index is -0.244. The number of benzene rings is 1. The molecule has 0 amide bonds. The van der Waals surface area contributed by atoms with E-state index in [0.717, 1.165) is 41.2 Å². The molecule has 3 fully saturated rings. The third kappa shape index (κ3) is 2.37. The highest BCUT2D eigenvalue weighted by Gasteiger charge is 2.44. The fourth-order valence-electron chi connectivity index (χ4n) is 5.72. The second kappa shape index (κ2) is 6.16. The van der Waals surface area contributed by atoms with Crippen molar-refractivity contribution in [2.75, 3.05) is 18.9 Å². The summed E-state index contributed by atoms with van der Waals surface area (Å²) in [6.07, 6.45) is 5.38. The van der Waals surface area contributed by atoms with Gasteiger partial charge in [0, 0.05) is 29.8 Å². The molecule has 7 rings (SSSR count). The lowest BCUT2D eigenvalue weighted by atomic mass is 9.69. The molecule has 8 heteroatoms. The van der Waals surface area contributed by atoms with Gasteiger partial charge in [-0.15, -0.1) is 0 Å². The first kappa shape index (κ1) is 16.7. The summed E-state index contributed by atoms with van der Waals surface area (Å²) in [6.45, 7) is 1.15. The standard InChI is InChI=1S/C21H21N7O/c1-28-10-11-5-6-17(28)13(7-11)19-14(8-22)18(15-9-23-25-21(15)24-19)12-3-2-4-16-20(12)27-29-26-16/h2-4,9,11,13,17-18H,5-7,10H2,1H3,(H2,23,24,25)/t11-,13+,17+,18?/m0/s1. The summed E-state index contributed by atoms with van der Waals surface area (Å²) in [5.41, 5.74) is 5.05. The van der Waals surface area contributed by atoms with Gasteiger partial charge in [-0.25, -0.2) is 4.63 Å². The first-order chi connectivity index (χ1) is 14.2. The van der Waals surface area contributed by atoms with Gasteiger partial charge < -0.3 is 10.2 Å². The Morgan fingerprint density at radius 3 is 3.00 bits per heavy atom. The van der Waals surface area contributed by atoms with Crippen molar-refractivity contribution in [1.82, 2.24) is 25.4 Å². The number of anilines is 1. The van der Waals surface area contributed by atoms with Gasteiger partial charge in [0.25, 0.3) is 0 Å². The predicted molar refractivity (Wildman–Crippen MR) is 106 cm³/mol. The third-order valence-corrected chi connectivity index (χ3v) is 6.97. The molecule has 2 bridgehead atoms. The highest BCUT2D eigenvalue weighted by molar-refractivity contribution is 5.80. The molecular formula is C21H21N7O. The van der Waals surface area contributed by atoms with Crippen molar-refractivity contribution in [3.63, 3.8) is 0 Å². The predicted octanol–water partition coefficient (Wildman–Crippen LogP) is 3.01. The van der Waals surface area contributed by atoms with E-state index in [0.29, 0.717) is 28.9 Å². The molecule has 1 saturated carbocycles. The maximum Gasteiger partial charge on any atom is 0.139 e. The molecule has 4 atom stereocenters. The Hall–Kier alpha value is -3.18. The Morgan fingerprint density at radius 2 is 2.17 bits per heavy atom. The van der Waals surface area contributed by atoms with Crippen molar-refractivity contribution in [3.05, 3.63) is 46.8 Å². The zero-order chi connectivity index (χ0) is 19.5. The summed E-state index contributed by atoms with van der Waals surface area (Å²) in [5, 5.41) is 29.3. The smallest absolute Gasteiger partial charge is 0.139 e. The van der Waals surface area contributed by atoms with E-state index in [9.17, 15) is 5.26 Å². The fourth-order valence-corrected chi connectivity index (χ4v) is 5.72. The molecule has 8 nitrogen and oxygen atoms in total. The van der Waals surface area contributed by atoms with E-state index < -0.39 is 0 Å². The first-order valence-corrected chi connectivity index (χ1v) is 10.1. The van der Waals surface area contributed by atoms with Crippen LogP contribution in [0, 0.1) is 23.2 Å². The number of aromatic nitrogens is 4. The normalized spacial score (nSPS) is 29.0. The van der Waals surface area contributed by atoms with Gasteiger partial charge in [-0.2, -0.15) is 10.4 Å². The number of nitrogens with one attached hydrogen (secondary N) is 2. The summed E-state index contributed by atoms with van der Waals surface area (Å²) < 4.78 is 4.99. The molecule has 4 aliphatic rings. The van der Waals surface area contributed by atoms with E-state index in [1.807, 2.05) is 18.2 Å². The van der Waals surface area contributed by atoms with E-state index >= 15 is 0 Å². The van der Waals surface area contributed by atoms with Crippen LogP contribution in [-0.2, 0) is 0 Å². The molecule has 5 heterocycles. The summed E-state index contributed by atoms with van der Waals surface area (Å²) in [5.74, 6) is 1.62. The highest BCUT2D eigenvalue weighted by atomic mass is 16.6. The van der Waals surface area contributed by atoms with Gasteiger partial charge in [0.1, 0.15) is 16.9 Å². The lowest BCUT2D eigenvalue weighted by molar-refractivity contribution is 0.0350. The quantitative estimate of drug-likeness (QED) is 0.696. The lowest BCUT2D eigenvalue weighted by Crippen LogP contribution is -2.52. The number of aromatic amines is 1. The molecule has 2 N–H and O–H groups in total. The Kier molecular flexibility index (Phi) is 3.56. The van der Waals surface area contributed by atoms with Gasteiger partial charge in [-0.05, 0) is 54.2 Å². The fraction of sp³-hybridized carbons (Fsp3) is 0.429. The molecule has 3 aliphatic heterocycles. The molecule has 2 aromatic heterocycles. The number of nitrogens with zero attached hydrogens (tertiary/aromatic N) is 5. The Balaban J connectivity index is 1.55. The van der Waals surface area contributed by atoms with Crippen molar-refractivity contribution in [2.24, 2.45) is 11.8 Å². The Labute approximate surface area is 167 Å². The SMILES string of the molecule is CN1C[C@H]2CC[C@@H]1[C@H](C1=C(C#N)C(c3cccc4nonc34)c3cn[nH]c3N1)C2. The van der Waals surface area contributed by atoms with Gasteiger partial charge >= 0.3 is 0 Å². The maximum absolute atomic E-state index is 10.3. The molecule has 3 aromatic rings. The topological polar surface area (TPSA) is 107 Å². The number of hydrogen-bond donors (Lipinski definition) is 2. The van der Waals surface area contributed by atoms with Crippen molar-refractivity contribution >= 4 is 16.9 Å². The first-order valence-electron chi connectivity index (χ1n) is 10.1. The average Bonchev–Trinajstić information content (AvgIpc) is 3.41. The zero-order valence-corrected chi connectivity index (χ0v) is 16.1. The van der Waals surface area contributed by atoms with Crippen LogP contribution < -0.4 is 5.32 Å². The van der Waals surface area contributed by atoms with E-state index in [1.54, 1.807) is 6.20 Å². The van der Waals surface area contributed by atoms with Crippen LogP contribution in [0.25, 0.3) is 11.0 Å². The summed E-state index contributed by atoms with van der Waals surface area (Å²) >= 11 is 0. The van der Waals surface area contributed by atoms with Crippen LogP contribution in [0.2, 0.25) is 0 Å². The monoisotopic (exact) mass is 387 g/mol. The molecule has 1 unspecified atom stereocenters. The molecular weight excluding hydrogens is 366 g/mol. The molecule has 0 radical (unpaired) electrons. The number of allylic oxidation sites excluding steroid dienone is 1. The minimum Gasteiger partial charge on any atom is -0.343 e. The highest BCUT2D eigenvalue weighted by Crippen LogP contribution is 2.48. The number of hydrogen-bond acceptors (Lipinski definition) is 7. The second-order valence-corrected chi connectivity index (χ2v) is 8.47. The van der Waals surface area contributed by atoms with Crippen molar-refractivity contribution in [2.45, 2.75) is 31.2 Å². The summed E-state index contributed by atoms with van der Waals surface area (Å²) in [4.78, 5) is 2.46. The van der Waals surface area contributed by atoms with Crippen molar-refractivity contribution in [3.8, 4) is 6.07 Å². The van der Waals surface area contributed by atoms with E-state index in [2.05, 4.69) is 43.8 Å². The Bertz CT molecular complexity index is 1170. The Morgan fingerprint density at radius 1 is 1.24 bits per heavy atom. The second-order valence-electron chi connectivity index (χ2n) is 8.47. The van der Waals surface area contributed by atoms with Gasteiger partial charge in [0.05, 0.1) is 23.8 Å². The van der Waals surface area contributed by atoms with Gasteiger partial charge in [-0.1, -0.05) is 12.1 Å².